The molecule has 0 saturated carbocycles. The molecule has 0 aliphatic carbocycles. The van der Waals surface area contributed by atoms with E-state index in [-0.39, 0.29) is 0 Å². The molecule has 0 aromatic carbocycles. The number of rotatable bonds is 0. The Balaban J connectivity index is 2.30. The average molecular weight is 139 g/mol. The molecule has 3 nitrogen and oxygen atoms in total. The fourth-order valence-corrected chi connectivity index (χ4v) is 1.17. The van der Waals surface area contributed by atoms with E-state index in [1.54, 1.807) is 4.68 Å². The lowest BCUT2D eigenvalue weighted by Gasteiger charge is -1.96. The number of aromatic nitrogens is 3. The first-order valence-corrected chi connectivity index (χ1v) is 3.54. The van der Waals surface area contributed by atoms with E-state index >= 15 is 0 Å². The molecule has 0 spiro atoms. The average Bonchev–Trinajstić information content (AvgIpc) is 2.31. The van der Waals surface area contributed by atoms with Gasteiger partial charge in [0.15, 0.2) is 0 Å². The van der Waals surface area contributed by atoms with Crippen LogP contribution in [0.4, 0.5) is 0 Å². The summed E-state index contributed by atoms with van der Waals surface area (Å²) in [6.07, 6.45) is 2.26. The minimum absolute atomic E-state index is 0.396. The molecule has 1 aliphatic rings. The minimum Gasteiger partial charge on any atom is -0.250 e. The van der Waals surface area contributed by atoms with E-state index in [0.29, 0.717) is 12.8 Å². The van der Waals surface area contributed by atoms with Crippen molar-refractivity contribution < 1.29 is 2.74 Å². The van der Waals surface area contributed by atoms with Crippen molar-refractivity contribution in [1.29, 1.82) is 0 Å². The lowest BCUT2D eigenvalue weighted by Crippen LogP contribution is -2.01. The van der Waals surface area contributed by atoms with Gasteiger partial charge >= 0.3 is 0 Å². The van der Waals surface area contributed by atoms with Gasteiger partial charge in [0.25, 0.3) is 0 Å². The molecular formula is C7H11N3. The molecule has 0 radical (unpaired) electrons. The van der Waals surface area contributed by atoms with Crippen molar-refractivity contribution in [2.24, 2.45) is 0 Å². The topological polar surface area (TPSA) is 30.7 Å². The SMILES string of the molecule is [2H]C1([2H])CCCn2ncnc2C1. The van der Waals surface area contributed by atoms with E-state index < -0.39 is 6.37 Å². The van der Waals surface area contributed by atoms with Gasteiger partial charge in [-0.05, 0) is 12.8 Å². The van der Waals surface area contributed by atoms with Crippen LogP contribution in [0, 0.1) is 0 Å². The standard InChI is InChI=1S/C7H11N3/c1-2-4-7-8-6-9-10(7)5-3-1/h6H,1-5H2/i2D2. The molecule has 3 heteroatoms. The number of hydrogen-bond donors (Lipinski definition) is 0. The van der Waals surface area contributed by atoms with Crippen LogP contribution in [0.2, 0.25) is 0 Å². The summed E-state index contributed by atoms with van der Waals surface area (Å²) in [7, 11) is 0. The lowest BCUT2D eigenvalue weighted by atomic mass is 10.2. The van der Waals surface area contributed by atoms with Gasteiger partial charge in [-0.2, -0.15) is 5.10 Å². The summed E-state index contributed by atoms with van der Waals surface area (Å²) in [4.78, 5) is 4.02. The maximum absolute atomic E-state index is 7.62. The van der Waals surface area contributed by atoms with Crippen LogP contribution in [0.25, 0.3) is 0 Å². The van der Waals surface area contributed by atoms with E-state index in [1.807, 2.05) is 0 Å². The van der Waals surface area contributed by atoms with Gasteiger partial charge in [-0.25, -0.2) is 4.98 Å². The highest BCUT2D eigenvalue weighted by atomic mass is 15.3. The van der Waals surface area contributed by atoms with Gasteiger partial charge in [-0.15, -0.1) is 0 Å². The Morgan fingerprint density at radius 3 is 3.60 bits per heavy atom. The van der Waals surface area contributed by atoms with Crippen molar-refractivity contribution in [2.75, 3.05) is 0 Å². The van der Waals surface area contributed by atoms with Crippen molar-refractivity contribution >= 4 is 0 Å². The van der Waals surface area contributed by atoms with Crippen LogP contribution in [-0.2, 0) is 13.0 Å². The van der Waals surface area contributed by atoms with E-state index in [9.17, 15) is 0 Å². The van der Waals surface area contributed by atoms with Crippen molar-refractivity contribution in [1.82, 2.24) is 14.8 Å². The normalized spacial score (nSPS) is 26.0. The van der Waals surface area contributed by atoms with Crippen LogP contribution >= 0.6 is 0 Å². The Kier molecular flexibility index (Phi) is 0.988. The zero-order valence-electron chi connectivity index (χ0n) is 7.75. The van der Waals surface area contributed by atoms with Gasteiger partial charge in [0.05, 0.1) is 0 Å². The Hall–Kier alpha value is -0.860. The van der Waals surface area contributed by atoms with Gasteiger partial charge in [0, 0.05) is 15.7 Å². The van der Waals surface area contributed by atoms with Crippen LogP contribution in [-0.4, -0.2) is 14.8 Å². The van der Waals surface area contributed by atoms with E-state index in [1.165, 1.54) is 6.33 Å². The number of hydrogen-bond acceptors (Lipinski definition) is 2. The molecule has 2 rings (SSSR count). The quantitative estimate of drug-likeness (QED) is 0.537. The number of nitrogens with zero attached hydrogens (tertiary/aromatic N) is 3. The molecule has 2 heterocycles. The van der Waals surface area contributed by atoms with Crippen molar-refractivity contribution in [3.05, 3.63) is 12.2 Å². The third-order valence-electron chi connectivity index (χ3n) is 1.70. The van der Waals surface area contributed by atoms with E-state index in [2.05, 4.69) is 10.1 Å². The van der Waals surface area contributed by atoms with Crippen LogP contribution in [0.3, 0.4) is 0 Å². The molecule has 0 saturated heterocycles. The van der Waals surface area contributed by atoms with Crippen LogP contribution in [0.15, 0.2) is 6.33 Å². The smallest absolute Gasteiger partial charge is 0.138 e. The Morgan fingerprint density at radius 1 is 1.60 bits per heavy atom. The molecule has 54 valence electrons. The monoisotopic (exact) mass is 139 g/mol. The molecule has 0 N–H and O–H groups in total. The summed E-state index contributed by atoms with van der Waals surface area (Å²) in [5.41, 5.74) is 0. The Morgan fingerprint density at radius 2 is 2.60 bits per heavy atom. The highest BCUT2D eigenvalue weighted by Crippen LogP contribution is 2.09. The molecule has 1 aliphatic heterocycles. The summed E-state index contributed by atoms with van der Waals surface area (Å²) in [6, 6.07) is 0. The van der Waals surface area contributed by atoms with E-state index in [0.717, 1.165) is 18.8 Å². The zero-order valence-corrected chi connectivity index (χ0v) is 5.75. The van der Waals surface area contributed by atoms with Gasteiger partial charge < -0.3 is 0 Å². The van der Waals surface area contributed by atoms with Crippen LogP contribution in [0.5, 0.6) is 0 Å². The largest absolute Gasteiger partial charge is 0.250 e. The fraction of sp³-hybridized carbons (Fsp3) is 0.714. The summed E-state index contributed by atoms with van der Waals surface area (Å²) >= 11 is 0. The van der Waals surface area contributed by atoms with Gasteiger partial charge in [-0.3, -0.25) is 4.68 Å². The Bertz CT molecular complexity index is 282. The van der Waals surface area contributed by atoms with Crippen molar-refractivity contribution in [3.63, 3.8) is 0 Å². The van der Waals surface area contributed by atoms with Crippen LogP contribution < -0.4 is 0 Å². The maximum Gasteiger partial charge on any atom is 0.138 e. The maximum atomic E-state index is 7.62. The molecule has 1 aromatic rings. The fourth-order valence-electron chi connectivity index (χ4n) is 1.17. The molecule has 1 aromatic heterocycles. The molecule has 0 amide bonds. The second-order valence-corrected chi connectivity index (χ2v) is 2.43. The van der Waals surface area contributed by atoms with E-state index in [4.69, 9.17) is 2.74 Å². The molecule has 0 atom stereocenters. The first-order valence-electron chi connectivity index (χ1n) is 4.54. The second-order valence-electron chi connectivity index (χ2n) is 2.43. The van der Waals surface area contributed by atoms with Gasteiger partial charge in [0.1, 0.15) is 12.2 Å². The molecule has 0 unspecified atom stereocenters. The highest BCUT2D eigenvalue weighted by Gasteiger charge is 2.06. The third-order valence-corrected chi connectivity index (χ3v) is 1.70. The number of fused-ring (bicyclic) bond motifs is 1. The highest BCUT2D eigenvalue weighted by molar-refractivity contribution is 4.86. The number of aryl methyl sites for hydroxylation is 2. The predicted molar refractivity (Wildman–Crippen MR) is 37.6 cm³/mol. The van der Waals surface area contributed by atoms with Gasteiger partial charge in [0.2, 0.25) is 0 Å². The zero-order chi connectivity index (χ0) is 8.60. The molecule has 10 heavy (non-hydrogen) atoms. The summed E-state index contributed by atoms with van der Waals surface area (Å²) in [6.45, 7) is 0.800. The first kappa shape index (κ1) is 4.11. The minimum atomic E-state index is -1.10. The van der Waals surface area contributed by atoms with Gasteiger partial charge in [-0.1, -0.05) is 6.42 Å². The molecule has 0 bridgehead atoms. The van der Waals surface area contributed by atoms with Crippen molar-refractivity contribution in [3.8, 4) is 0 Å². The molecule has 0 fully saturated rings. The molecular weight excluding hydrogens is 126 g/mol. The summed E-state index contributed by atoms with van der Waals surface area (Å²) in [5, 5.41) is 4.02. The third kappa shape index (κ3) is 0.916. The predicted octanol–water partition coefficient (Wildman–Crippen LogP) is 1.00. The Labute approximate surface area is 62.9 Å². The summed E-state index contributed by atoms with van der Waals surface area (Å²) in [5.74, 6) is 0.775. The van der Waals surface area contributed by atoms with Crippen LogP contribution in [0.1, 0.15) is 27.8 Å². The lowest BCUT2D eigenvalue weighted by molar-refractivity contribution is 0.575. The second kappa shape index (κ2) is 2.40. The van der Waals surface area contributed by atoms with Crippen molar-refractivity contribution in [2.45, 2.75) is 32.2 Å². The first-order chi connectivity index (χ1) is 5.67. The summed E-state index contributed by atoms with van der Waals surface area (Å²) < 4.78 is 17.0.